The molecule has 0 aliphatic heterocycles. The number of halogens is 2. The molecule has 2 N–H and O–H groups in total. The summed E-state index contributed by atoms with van der Waals surface area (Å²) in [6, 6.07) is 4.79. The van der Waals surface area contributed by atoms with E-state index in [4.69, 9.17) is 4.84 Å². The minimum Gasteiger partial charge on any atom is -0.344 e. The van der Waals surface area contributed by atoms with E-state index in [1.54, 1.807) is 12.1 Å². The number of hydrogen-bond donors (Lipinski definition) is 2. The van der Waals surface area contributed by atoms with E-state index in [-0.39, 0.29) is 17.4 Å². The Balaban J connectivity index is 1.97. The molecule has 0 spiro atoms. The van der Waals surface area contributed by atoms with Crippen LogP contribution in [0.3, 0.4) is 0 Å². The Morgan fingerprint density at radius 1 is 1.36 bits per heavy atom. The van der Waals surface area contributed by atoms with Gasteiger partial charge in [0.05, 0.1) is 22.7 Å². The summed E-state index contributed by atoms with van der Waals surface area (Å²) >= 11 is 3.20. The van der Waals surface area contributed by atoms with Crippen LogP contribution in [0.2, 0.25) is 0 Å². The molecule has 1 aliphatic carbocycles. The summed E-state index contributed by atoms with van der Waals surface area (Å²) in [5.74, 6) is -0.540. The van der Waals surface area contributed by atoms with Gasteiger partial charge in [-0.15, -0.1) is 11.3 Å². The minimum absolute atomic E-state index is 0.0588. The zero-order valence-corrected chi connectivity index (χ0v) is 18.9. The van der Waals surface area contributed by atoms with Crippen molar-refractivity contribution in [1.29, 1.82) is 0 Å². The highest BCUT2D eigenvalue weighted by Gasteiger charge is 2.29. The Morgan fingerprint density at radius 2 is 2.07 bits per heavy atom. The zero-order valence-electron chi connectivity index (χ0n) is 15.9. The Hall–Kier alpha value is -1.52. The van der Waals surface area contributed by atoms with Crippen molar-refractivity contribution in [2.45, 2.75) is 39.5 Å². The molecule has 1 saturated carbocycles. The van der Waals surface area contributed by atoms with Crippen molar-refractivity contribution in [1.82, 2.24) is 5.48 Å². The van der Waals surface area contributed by atoms with E-state index < -0.39 is 11.7 Å². The molecular formula is C20H22FIN2O3S. The Bertz CT molecular complexity index is 909. The zero-order chi connectivity index (χ0) is 20.4. The van der Waals surface area contributed by atoms with Gasteiger partial charge in [-0.25, -0.2) is 9.87 Å². The third-order valence-corrected chi connectivity index (χ3v) is 6.32. The predicted molar refractivity (Wildman–Crippen MR) is 117 cm³/mol. The highest BCUT2D eigenvalue weighted by atomic mass is 127. The van der Waals surface area contributed by atoms with Crippen molar-refractivity contribution in [3.63, 3.8) is 0 Å². The van der Waals surface area contributed by atoms with Gasteiger partial charge in [-0.05, 0) is 78.0 Å². The van der Waals surface area contributed by atoms with Crippen LogP contribution in [0.25, 0.3) is 0 Å². The maximum absolute atomic E-state index is 14.3. The molecule has 1 fully saturated rings. The van der Waals surface area contributed by atoms with E-state index in [1.807, 2.05) is 36.4 Å². The molecule has 0 atom stereocenters. The lowest BCUT2D eigenvalue weighted by molar-refractivity contribution is 0.0270. The van der Waals surface area contributed by atoms with Crippen molar-refractivity contribution in [3.05, 3.63) is 43.6 Å². The van der Waals surface area contributed by atoms with Gasteiger partial charge in [0.15, 0.2) is 5.78 Å². The van der Waals surface area contributed by atoms with E-state index in [1.165, 1.54) is 24.3 Å². The monoisotopic (exact) mass is 516 g/mol. The van der Waals surface area contributed by atoms with Crippen LogP contribution >= 0.6 is 33.9 Å². The fourth-order valence-electron chi connectivity index (χ4n) is 2.84. The average Bonchev–Trinajstić information content (AvgIpc) is 3.35. The lowest BCUT2D eigenvalue weighted by Crippen LogP contribution is -2.26. The maximum Gasteiger partial charge on any atom is 0.278 e. The van der Waals surface area contributed by atoms with Crippen LogP contribution < -0.4 is 10.8 Å². The first-order valence-electron chi connectivity index (χ1n) is 9.09. The van der Waals surface area contributed by atoms with E-state index in [2.05, 4.69) is 10.8 Å². The van der Waals surface area contributed by atoms with Gasteiger partial charge in [0.1, 0.15) is 10.8 Å². The fourth-order valence-corrected chi connectivity index (χ4v) is 4.56. The van der Waals surface area contributed by atoms with Gasteiger partial charge >= 0.3 is 0 Å². The van der Waals surface area contributed by atoms with Crippen LogP contribution in [0.4, 0.5) is 15.1 Å². The van der Waals surface area contributed by atoms with E-state index in [9.17, 15) is 14.0 Å². The average molecular weight is 516 g/mol. The van der Waals surface area contributed by atoms with E-state index >= 15 is 0 Å². The van der Waals surface area contributed by atoms with Gasteiger partial charge in [0, 0.05) is 3.57 Å². The normalized spacial score (nSPS) is 13.6. The molecule has 0 unspecified atom stereocenters. The second kappa shape index (κ2) is 8.87. The summed E-state index contributed by atoms with van der Waals surface area (Å²) in [7, 11) is 0. The van der Waals surface area contributed by atoms with Gasteiger partial charge in [-0.2, -0.15) is 0 Å². The number of anilines is 2. The van der Waals surface area contributed by atoms with E-state index in [0.717, 1.165) is 16.4 Å². The van der Waals surface area contributed by atoms with Crippen LogP contribution in [0.1, 0.15) is 65.1 Å². The Morgan fingerprint density at radius 3 is 2.64 bits per heavy atom. The fraction of sp³-hybridized carbons (Fsp3) is 0.400. The third-order valence-electron chi connectivity index (χ3n) is 4.43. The molecule has 28 heavy (non-hydrogen) atoms. The second-order valence-corrected chi connectivity index (χ2v) is 9.46. The van der Waals surface area contributed by atoms with Crippen molar-refractivity contribution in [3.8, 4) is 0 Å². The number of carbonyl (C=O) groups is 2. The lowest BCUT2D eigenvalue weighted by atomic mass is 9.97. The van der Waals surface area contributed by atoms with Gasteiger partial charge in [-0.1, -0.05) is 13.8 Å². The lowest BCUT2D eigenvalue weighted by Gasteiger charge is -2.13. The summed E-state index contributed by atoms with van der Waals surface area (Å²) in [6.45, 7) is 5.79. The Kier molecular flexibility index (Phi) is 6.72. The van der Waals surface area contributed by atoms with E-state index in [0.29, 0.717) is 33.5 Å². The summed E-state index contributed by atoms with van der Waals surface area (Å²) in [5, 5.41) is 3.43. The smallest absolute Gasteiger partial charge is 0.278 e. The number of rotatable bonds is 8. The summed E-state index contributed by atoms with van der Waals surface area (Å²) in [6.07, 6.45) is 2.22. The topological polar surface area (TPSA) is 67.4 Å². The molecule has 150 valence electrons. The van der Waals surface area contributed by atoms with Crippen LogP contribution in [0, 0.1) is 15.3 Å². The number of nitrogens with one attached hydrogen (secondary N) is 2. The first kappa shape index (κ1) is 21.2. The van der Waals surface area contributed by atoms with Gasteiger partial charge in [0.25, 0.3) is 5.91 Å². The van der Waals surface area contributed by atoms with Crippen LogP contribution in [0.15, 0.2) is 18.2 Å². The number of hydroxylamine groups is 1. The molecule has 5 nitrogen and oxygen atoms in total. The van der Waals surface area contributed by atoms with Crippen molar-refractivity contribution >= 4 is 56.3 Å². The number of ketones is 1. The van der Waals surface area contributed by atoms with Crippen molar-refractivity contribution in [2.75, 3.05) is 11.9 Å². The van der Waals surface area contributed by atoms with Gasteiger partial charge in [0.2, 0.25) is 0 Å². The summed E-state index contributed by atoms with van der Waals surface area (Å²) in [5.41, 5.74) is 3.72. The molecule has 0 saturated heterocycles. The summed E-state index contributed by atoms with van der Waals surface area (Å²) in [4.78, 5) is 30.9. The first-order valence-corrected chi connectivity index (χ1v) is 11.0. The number of hydrogen-bond acceptors (Lipinski definition) is 5. The minimum atomic E-state index is -0.429. The molecule has 0 bridgehead atoms. The van der Waals surface area contributed by atoms with Crippen LogP contribution in [-0.4, -0.2) is 18.3 Å². The van der Waals surface area contributed by atoms with Gasteiger partial charge < -0.3 is 5.32 Å². The third kappa shape index (κ3) is 4.90. The first-order chi connectivity index (χ1) is 13.3. The largest absolute Gasteiger partial charge is 0.344 e. The summed E-state index contributed by atoms with van der Waals surface area (Å²) < 4.78 is 15.1. The highest BCUT2D eigenvalue weighted by molar-refractivity contribution is 14.1. The molecule has 1 aliphatic rings. The molecule has 1 aromatic carbocycles. The number of thiophene rings is 1. The molecule has 0 radical (unpaired) electrons. The van der Waals surface area contributed by atoms with Crippen molar-refractivity contribution in [2.24, 2.45) is 5.92 Å². The van der Waals surface area contributed by atoms with Crippen molar-refractivity contribution < 1.29 is 18.8 Å². The number of carbonyl (C=O) groups excluding carboxylic acids is 2. The van der Waals surface area contributed by atoms with Crippen LogP contribution in [0.5, 0.6) is 0 Å². The number of benzene rings is 1. The molecule has 3 rings (SSSR count). The standard InChI is InChI=1S/C20H22FIN2O3S/c1-10(2)16-17(19(26)24-27-9-12-4-5-12)20(28-18(16)11(3)25)23-15-7-6-13(22)8-14(15)21/h6-8,10,12,23H,4-5,9H2,1-3H3,(H,24,26). The number of Topliss-reactive ketones (excluding diaryl/α,β-unsaturated/α-hetero) is 1. The van der Waals surface area contributed by atoms with Crippen LogP contribution in [-0.2, 0) is 4.84 Å². The number of amides is 1. The molecule has 2 aromatic rings. The molecular weight excluding hydrogens is 494 g/mol. The second-order valence-electron chi connectivity index (χ2n) is 7.19. The van der Waals surface area contributed by atoms with Gasteiger partial charge in [-0.3, -0.25) is 14.4 Å². The predicted octanol–water partition coefficient (Wildman–Crippen LogP) is 5.63. The SMILES string of the molecule is CC(=O)c1sc(Nc2ccc(I)cc2F)c(C(=O)NOCC2CC2)c1C(C)C. The Labute approximate surface area is 181 Å². The molecule has 1 heterocycles. The maximum atomic E-state index is 14.3. The molecule has 8 heteroatoms. The molecule has 1 amide bonds. The molecule has 1 aromatic heterocycles. The quantitative estimate of drug-likeness (QED) is 0.271. The highest BCUT2D eigenvalue weighted by Crippen LogP contribution is 2.40.